The van der Waals surface area contributed by atoms with Crippen molar-refractivity contribution in [2.24, 2.45) is 0 Å². The van der Waals surface area contributed by atoms with Crippen LogP contribution in [0.3, 0.4) is 0 Å². The predicted molar refractivity (Wildman–Crippen MR) is 92.5 cm³/mol. The van der Waals surface area contributed by atoms with E-state index in [-0.39, 0.29) is 0 Å². The Labute approximate surface area is 145 Å². The number of nitriles is 1. The van der Waals surface area contributed by atoms with Gasteiger partial charge in [-0.3, -0.25) is 0 Å². The Morgan fingerprint density at radius 2 is 1.56 bits per heavy atom. The van der Waals surface area contributed by atoms with E-state index in [1.54, 1.807) is 16.9 Å². The lowest BCUT2D eigenvalue weighted by molar-refractivity contribution is 0.636. The molecule has 3 aromatic rings. The van der Waals surface area contributed by atoms with Crippen LogP contribution in [0.1, 0.15) is 5.69 Å². The van der Waals surface area contributed by atoms with E-state index < -0.39 is 0 Å². The summed E-state index contributed by atoms with van der Waals surface area (Å²) in [6.07, 6.45) is 3.55. The van der Waals surface area contributed by atoms with E-state index in [2.05, 4.69) is 36.1 Å². The largest absolute Gasteiger partial charge is 0.353 e. The molecule has 4 rings (SSSR count). The number of anilines is 2. The molecular weight excluding hydrogens is 316 g/mol. The first-order chi connectivity index (χ1) is 12.3. The van der Waals surface area contributed by atoms with Crippen LogP contribution in [-0.2, 0) is 0 Å². The van der Waals surface area contributed by atoms with E-state index in [1.165, 1.54) is 0 Å². The van der Waals surface area contributed by atoms with Gasteiger partial charge in [0.25, 0.3) is 0 Å². The molecule has 0 aliphatic carbocycles. The second kappa shape index (κ2) is 6.57. The highest BCUT2D eigenvalue weighted by molar-refractivity contribution is 5.46. The third-order valence-electron chi connectivity index (χ3n) is 4.15. The van der Waals surface area contributed by atoms with Crippen molar-refractivity contribution in [3.63, 3.8) is 0 Å². The average Bonchev–Trinajstić information content (AvgIpc) is 3.23. The van der Waals surface area contributed by atoms with Crippen LogP contribution >= 0.6 is 0 Å². The molecule has 0 aromatic carbocycles. The van der Waals surface area contributed by atoms with Crippen molar-refractivity contribution in [3.8, 4) is 11.9 Å². The molecular formula is C17H16N8. The summed E-state index contributed by atoms with van der Waals surface area (Å²) >= 11 is 0. The third-order valence-corrected chi connectivity index (χ3v) is 4.15. The van der Waals surface area contributed by atoms with Crippen molar-refractivity contribution in [2.75, 3.05) is 36.0 Å². The normalized spacial score (nSPS) is 14.4. The van der Waals surface area contributed by atoms with Gasteiger partial charge >= 0.3 is 0 Å². The Kier molecular flexibility index (Phi) is 3.96. The molecule has 124 valence electrons. The summed E-state index contributed by atoms with van der Waals surface area (Å²) in [5, 5.41) is 21.7. The molecule has 8 nitrogen and oxygen atoms in total. The van der Waals surface area contributed by atoms with Gasteiger partial charge in [0, 0.05) is 38.6 Å². The minimum atomic E-state index is 0.444. The van der Waals surface area contributed by atoms with Crippen LogP contribution in [0, 0.1) is 11.3 Å². The molecule has 0 amide bonds. The van der Waals surface area contributed by atoms with Crippen LogP contribution in [0.15, 0.2) is 48.8 Å². The highest BCUT2D eigenvalue weighted by atomic mass is 15.4. The molecule has 3 aromatic heterocycles. The topological polar surface area (TPSA) is 86.8 Å². The van der Waals surface area contributed by atoms with Gasteiger partial charge in [-0.25, -0.2) is 9.67 Å². The van der Waals surface area contributed by atoms with Crippen molar-refractivity contribution in [1.29, 1.82) is 5.26 Å². The summed E-state index contributed by atoms with van der Waals surface area (Å²) in [6.45, 7) is 3.30. The quantitative estimate of drug-likeness (QED) is 0.713. The van der Waals surface area contributed by atoms with Gasteiger partial charge < -0.3 is 9.80 Å². The summed E-state index contributed by atoms with van der Waals surface area (Å²) in [6, 6.07) is 13.3. The van der Waals surface area contributed by atoms with Crippen molar-refractivity contribution in [1.82, 2.24) is 25.0 Å². The lowest BCUT2D eigenvalue weighted by Gasteiger charge is -2.35. The highest BCUT2D eigenvalue weighted by Crippen LogP contribution is 2.18. The maximum atomic E-state index is 8.98. The molecule has 1 fully saturated rings. The van der Waals surface area contributed by atoms with Gasteiger partial charge in [0.2, 0.25) is 0 Å². The van der Waals surface area contributed by atoms with Crippen molar-refractivity contribution >= 4 is 11.6 Å². The van der Waals surface area contributed by atoms with Gasteiger partial charge in [0.15, 0.2) is 11.6 Å². The van der Waals surface area contributed by atoms with Gasteiger partial charge in [-0.2, -0.15) is 10.4 Å². The summed E-state index contributed by atoms with van der Waals surface area (Å²) in [4.78, 5) is 8.74. The third kappa shape index (κ3) is 3.12. The molecule has 0 radical (unpaired) electrons. The van der Waals surface area contributed by atoms with Gasteiger partial charge in [-0.15, -0.1) is 10.2 Å². The van der Waals surface area contributed by atoms with E-state index in [1.807, 2.05) is 36.5 Å². The number of pyridine rings is 1. The fourth-order valence-corrected chi connectivity index (χ4v) is 2.84. The first-order valence-electron chi connectivity index (χ1n) is 8.04. The molecule has 0 spiro atoms. The maximum absolute atomic E-state index is 8.98. The Bertz CT molecular complexity index is 874. The number of piperazine rings is 1. The number of aromatic nitrogens is 5. The first kappa shape index (κ1) is 15.1. The van der Waals surface area contributed by atoms with Crippen LogP contribution < -0.4 is 9.80 Å². The zero-order valence-corrected chi connectivity index (χ0v) is 13.5. The van der Waals surface area contributed by atoms with Crippen LogP contribution in [0.4, 0.5) is 11.6 Å². The van der Waals surface area contributed by atoms with Gasteiger partial charge in [0.1, 0.15) is 17.6 Å². The molecule has 1 saturated heterocycles. The molecule has 8 heteroatoms. The minimum absolute atomic E-state index is 0.444. The highest BCUT2D eigenvalue weighted by Gasteiger charge is 2.19. The summed E-state index contributed by atoms with van der Waals surface area (Å²) in [5.41, 5.74) is 0.444. The number of hydrogen-bond donors (Lipinski definition) is 0. The van der Waals surface area contributed by atoms with Gasteiger partial charge in [0.05, 0.1) is 0 Å². The fourth-order valence-electron chi connectivity index (χ4n) is 2.84. The molecule has 0 unspecified atom stereocenters. The van der Waals surface area contributed by atoms with E-state index >= 15 is 0 Å². The Morgan fingerprint density at radius 3 is 2.20 bits per heavy atom. The fraction of sp³-hybridized carbons (Fsp3) is 0.235. The monoisotopic (exact) mass is 332 g/mol. The number of nitrogens with zero attached hydrogens (tertiary/aromatic N) is 8. The van der Waals surface area contributed by atoms with E-state index in [9.17, 15) is 0 Å². The van der Waals surface area contributed by atoms with Crippen LogP contribution in [0.2, 0.25) is 0 Å². The zero-order valence-electron chi connectivity index (χ0n) is 13.5. The lowest BCUT2D eigenvalue weighted by atomic mass is 10.3. The Morgan fingerprint density at radius 1 is 0.840 bits per heavy atom. The van der Waals surface area contributed by atoms with E-state index in [0.29, 0.717) is 11.5 Å². The number of rotatable bonds is 3. The molecule has 0 bridgehead atoms. The lowest BCUT2D eigenvalue weighted by Crippen LogP contribution is -2.47. The van der Waals surface area contributed by atoms with Crippen LogP contribution in [-0.4, -0.2) is 51.1 Å². The second-order valence-corrected chi connectivity index (χ2v) is 5.67. The van der Waals surface area contributed by atoms with Gasteiger partial charge in [-0.05, 0) is 30.3 Å². The van der Waals surface area contributed by atoms with Crippen molar-refractivity contribution in [3.05, 3.63) is 54.5 Å². The standard InChI is InChI=1S/C17H16N8/c18-13-14-3-1-4-15(20-14)23-9-11-24(12-10-23)16-5-6-17(22-21-16)25-8-2-7-19-25/h1-8H,9-12H2. The summed E-state index contributed by atoms with van der Waals surface area (Å²) in [5.74, 6) is 2.40. The smallest absolute Gasteiger partial charge is 0.175 e. The minimum Gasteiger partial charge on any atom is -0.353 e. The van der Waals surface area contributed by atoms with Gasteiger partial charge in [-0.1, -0.05) is 6.07 Å². The molecule has 0 saturated carbocycles. The molecule has 0 N–H and O–H groups in total. The molecule has 25 heavy (non-hydrogen) atoms. The zero-order chi connectivity index (χ0) is 17.1. The van der Waals surface area contributed by atoms with Crippen molar-refractivity contribution in [2.45, 2.75) is 0 Å². The first-order valence-corrected chi connectivity index (χ1v) is 8.04. The van der Waals surface area contributed by atoms with E-state index in [0.717, 1.165) is 37.8 Å². The average molecular weight is 332 g/mol. The van der Waals surface area contributed by atoms with Crippen LogP contribution in [0.5, 0.6) is 0 Å². The van der Waals surface area contributed by atoms with E-state index in [4.69, 9.17) is 5.26 Å². The molecule has 0 atom stereocenters. The summed E-state index contributed by atoms with van der Waals surface area (Å²) < 4.78 is 1.68. The second-order valence-electron chi connectivity index (χ2n) is 5.67. The van der Waals surface area contributed by atoms with Crippen LogP contribution in [0.25, 0.3) is 5.82 Å². The number of hydrogen-bond acceptors (Lipinski definition) is 7. The maximum Gasteiger partial charge on any atom is 0.175 e. The predicted octanol–water partition coefficient (Wildman–Crippen LogP) is 1.26. The Hall–Kier alpha value is -3.47. The molecule has 4 heterocycles. The van der Waals surface area contributed by atoms with Crippen molar-refractivity contribution < 1.29 is 0 Å². The SMILES string of the molecule is N#Cc1cccc(N2CCN(c3ccc(-n4cccn4)nn3)CC2)n1. The Balaban J connectivity index is 1.42. The molecule has 1 aliphatic rings. The summed E-state index contributed by atoms with van der Waals surface area (Å²) in [7, 11) is 0. The molecule has 1 aliphatic heterocycles.